The summed E-state index contributed by atoms with van der Waals surface area (Å²) in [5.41, 5.74) is 6.89. The normalized spacial score (nSPS) is 11.6. The Bertz CT molecular complexity index is 341. The van der Waals surface area contributed by atoms with E-state index in [1.807, 2.05) is 6.07 Å². The summed E-state index contributed by atoms with van der Waals surface area (Å²) in [6.45, 7) is 8.26. The summed E-state index contributed by atoms with van der Waals surface area (Å²) in [5, 5.41) is 0. The molecule has 0 bridgehead atoms. The minimum Gasteiger partial charge on any atom is -0.493 e. The molecule has 0 heterocycles. The van der Waals surface area contributed by atoms with Gasteiger partial charge in [0.1, 0.15) is 5.75 Å². The number of benzene rings is 1. The first-order valence-corrected chi connectivity index (χ1v) is 6.98. The van der Waals surface area contributed by atoms with Crippen LogP contribution in [0.5, 0.6) is 5.75 Å². The third-order valence-electron chi connectivity index (χ3n) is 3.05. The highest BCUT2D eigenvalue weighted by molar-refractivity contribution is 5.38. The van der Waals surface area contributed by atoms with E-state index in [4.69, 9.17) is 10.5 Å². The van der Waals surface area contributed by atoms with Crippen LogP contribution in [-0.2, 0) is 5.41 Å². The molecule has 0 saturated carbocycles. The third kappa shape index (κ3) is 5.09. The molecule has 1 rings (SSSR count). The molecule has 2 nitrogen and oxygen atoms in total. The maximum absolute atomic E-state index is 5.91. The molecule has 18 heavy (non-hydrogen) atoms. The molecule has 2 heteroatoms. The Labute approximate surface area is 112 Å². The van der Waals surface area contributed by atoms with Crippen molar-refractivity contribution in [3.63, 3.8) is 0 Å². The van der Waals surface area contributed by atoms with Crippen LogP contribution in [0, 0.1) is 0 Å². The first kappa shape index (κ1) is 15.0. The highest BCUT2D eigenvalue weighted by Crippen LogP contribution is 2.30. The van der Waals surface area contributed by atoms with Crippen LogP contribution < -0.4 is 10.5 Å². The number of hydrogen-bond acceptors (Lipinski definition) is 2. The van der Waals surface area contributed by atoms with Gasteiger partial charge in [-0.2, -0.15) is 0 Å². The van der Waals surface area contributed by atoms with E-state index in [9.17, 15) is 0 Å². The standard InChI is InChI=1S/C16H27NO/c1-16(2,3)14-10-6-7-11-15(14)18-13-9-5-4-8-12-17/h6-7,10-11H,4-5,8-9,12-13,17H2,1-3H3. The minimum atomic E-state index is 0.135. The predicted molar refractivity (Wildman–Crippen MR) is 78.2 cm³/mol. The molecule has 1 aromatic carbocycles. The van der Waals surface area contributed by atoms with Crippen LogP contribution in [0.15, 0.2) is 24.3 Å². The van der Waals surface area contributed by atoms with Crippen molar-refractivity contribution in [3.8, 4) is 5.75 Å². The van der Waals surface area contributed by atoms with Gasteiger partial charge in [-0.1, -0.05) is 51.8 Å². The quantitative estimate of drug-likeness (QED) is 0.744. The monoisotopic (exact) mass is 249 g/mol. The highest BCUT2D eigenvalue weighted by atomic mass is 16.5. The van der Waals surface area contributed by atoms with Gasteiger partial charge in [0.05, 0.1) is 6.61 Å². The van der Waals surface area contributed by atoms with Crippen LogP contribution in [-0.4, -0.2) is 13.2 Å². The van der Waals surface area contributed by atoms with Gasteiger partial charge in [-0.25, -0.2) is 0 Å². The summed E-state index contributed by atoms with van der Waals surface area (Å²) in [6.07, 6.45) is 4.65. The lowest BCUT2D eigenvalue weighted by molar-refractivity contribution is 0.297. The van der Waals surface area contributed by atoms with E-state index in [-0.39, 0.29) is 5.41 Å². The van der Waals surface area contributed by atoms with Gasteiger partial charge < -0.3 is 10.5 Å². The second-order valence-corrected chi connectivity index (χ2v) is 5.80. The maximum Gasteiger partial charge on any atom is 0.123 e. The molecule has 0 aliphatic rings. The van der Waals surface area contributed by atoms with Crippen LogP contribution in [0.4, 0.5) is 0 Å². The van der Waals surface area contributed by atoms with Gasteiger partial charge in [-0.05, 0) is 36.4 Å². The van der Waals surface area contributed by atoms with Crippen LogP contribution >= 0.6 is 0 Å². The van der Waals surface area contributed by atoms with E-state index in [0.29, 0.717) is 0 Å². The van der Waals surface area contributed by atoms with E-state index < -0.39 is 0 Å². The molecule has 0 saturated heterocycles. The third-order valence-corrected chi connectivity index (χ3v) is 3.05. The SMILES string of the molecule is CC(C)(C)c1ccccc1OCCCCCCN. The highest BCUT2D eigenvalue weighted by Gasteiger charge is 2.17. The summed E-state index contributed by atoms with van der Waals surface area (Å²) < 4.78 is 5.91. The Hall–Kier alpha value is -1.02. The molecule has 0 aromatic heterocycles. The van der Waals surface area contributed by atoms with Crippen molar-refractivity contribution in [1.82, 2.24) is 0 Å². The molecular formula is C16H27NO. The van der Waals surface area contributed by atoms with Gasteiger partial charge in [-0.15, -0.1) is 0 Å². The average Bonchev–Trinajstić information content (AvgIpc) is 2.33. The van der Waals surface area contributed by atoms with Crippen molar-refractivity contribution in [2.75, 3.05) is 13.2 Å². The van der Waals surface area contributed by atoms with E-state index in [1.165, 1.54) is 18.4 Å². The second-order valence-electron chi connectivity index (χ2n) is 5.80. The fourth-order valence-electron chi connectivity index (χ4n) is 1.99. The summed E-state index contributed by atoms with van der Waals surface area (Å²) in [6, 6.07) is 8.35. The lowest BCUT2D eigenvalue weighted by Gasteiger charge is -2.22. The van der Waals surface area contributed by atoms with Crippen LogP contribution in [0.25, 0.3) is 0 Å². The van der Waals surface area contributed by atoms with Crippen molar-refractivity contribution in [2.24, 2.45) is 5.73 Å². The van der Waals surface area contributed by atoms with Crippen molar-refractivity contribution in [3.05, 3.63) is 29.8 Å². The molecule has 0 aliphatic carbocycles. The lowest BCUT2D eigenvalue weighted by Crippen LogP contribution is -2.13. The summed E-state index contributed by atoms with van der Waals surface area (Å²) in [5.74, 6) is 1.03. The zero-order chi connectivity index (χ0) is 13.4. The second kappa shape index (κ2) is 7.42. The van der Waals surface area contributed by atoms with Crippen molar-refractivity contribution in [1.29, 1.82) is 0 Å². The largest absolute Gasteiger partial charge is 0.493 e. The Morgan fingerprint density at radius 1 is 1.00 bits per heavy atom. The molecule has 0 amide bonds. The molecule has 0 spiro atoms. The molecule has 0 unspecified atom stereocenters. The van der Waals surface area contributed by atoms with Crippen LogP contribution in [0.3, 0.4) is 0 Å². The van der Waals surface area contributed by atoms with Gasteiger partial charge in [0, 0.05) is 0 Å². The number of para-hydroxylation sites is 1. The molecule has 0 fully saturated rings. The van der Waals surface area contributed by atoms with E-state index in [1.54, 1.807) is 0 Å². The van der Waals surface area contributed by atoms with Gasteiger partial charge >= 0.3 is 0 Å². The number of rotatable bonds is 7. The molecule has 1 aromatic rings. The number of hydrogen-bond donors (Lipinski definition) is 1. The minimum absolute atomic E-state index is 0.135. The Morgan fingerprint density at radius 3 is 2.33 bits per heavy atom. The van der Waals surface area contributed by atoms with Gasteiger partial charge in [-0.3, -0.25) is 0 Å². The Kier molecular flexibility index (Phi) is 6.20. The van der Waals surface area contributed by atoms with Crippen LogP contribution in [0.2, 0.25) is 0 Å². The zero-order valence-electron chi connectivity index (χ0n) is 12.0. The topological polar surface area (TPSA) is 35.2 Å². The molecule has 0 aliphatic heterocycles. The predicted octanol–water partition coefficient (Wildman–Crippen LogP) is 3.88. The molecule has 0 radical (unpaired) electrons. The molecular weight excluding hydrogens is 222 g/mol. The van der Waals surface area contributed by atoms with E-state index >= 15 is 0 Å². The van der Waals surface area contributed by atoms with E-state index in [0.717, 1.165) is 31.7 Å². The molecule has 2 N–H and O–H groups in total. The lowest BCUT2D eigenvalue weighted by atomic mass is 9.86. The summed E-state index contributed by atoms with van der Waals surface area (Å²) >= 11 is 0. The Balaban J connectivity index is 2.43. The smallest absolute Gasteiger partial charge is 0.123 e. The van der Waals surface area contributed by atoms with Crippen molar-refractivity contribution < 1.29 is 4.74 Å². The number of ether oxygens (including phenoxy) is 1. The summed E-state index contributed by atoms with van der Waals surface area (Å²) in [7, 11) is 0. The molecule has 102 valence electrons. The first-order chi connectivity index (χ1) is 8.55. The van der Waals surface area contributed by atoms with Crippen LogP contribution in [0.1, 0.15) is 52.0 Å². The number of unbranched alkanes of at least 4 members (excludes halogenated alkanes) is 3. The zero-order valence-corrected chi connectivity index (χ0v) is 12.0. The first-order valence-electron chi connectivity index (χ1n) is 6.98. The Morgan fingerprint density at radius 2 is 1.67 bits per heavy atom. The fraction of sp³-hybridized carbons (Fsp3) is 0.625. The van der Waals surface area contributed by atoms with Crippen molar-refractivity contribution >= 4 is 0 Å². The summed E-state index contributed by atoms with van der Waals surface area (Å²) in [4.78, 5) is 0. The van der Waals surface area contributed by atoms with Gasteiger partial charge in [0.15, 0.2) is 0 Å². The van der Waals surface area contributed by atoms with Gasteiger partial charge in [0.2, 0.25) is 0 Å². The fourth-order valence-corrected chi connectivity index (χ4v) is 1.99. The van der Waals surface area contributed by atoms with Crippen molar-refractivity contribution in [2.45, 2.75) is 51.9 Å². The average molecular weight is 249 g/mol. The maximum atomic E-state index is 5.91. The van der Waals surface area contributed by atoms with E-state index in [2.05, 4.69) is 39.0 Å². The van der Waals surface area contributed by atoms with Gasteiger partial charge in [0.25, 0.3) is 0 Å². The molecule has 0 atom stereocenters. The number of nitrogens with two attached hydrogens (primary N) is 1.